The Labute approximate surface area is 166 Å². The molecule has 2 aromatic rings. The average molecular weight is 406 g/mol. The first-order valence-corrected chi connectivity index (χ1v) is 12.0. The number of amides is 1. The molecule has 2 heterocycles. The normalized spacial score (nSPS) is 16.4. The van der Waals surface area contributed by atoms with E-state index in [9.17, 15) is 4.79 Å². The van der Waals surface area contributed by atoms with E-state index in [0.717, 1.165) is 34.3 Å². The number of carbonyl (C=O) groups excluding carboxylic acids is 1. The van der Waals surface area contributed by atoms with Crippen LogP contribution in [0.25, 0.3) is 0 Å². The van der Waals surface area contributed by atoms with Gasteiger partial charge in [0.15, 0.2) is 0 Å². The summed E-state index contributed by atoms with van der Waals surface area (Å²) >= 11 is 1.53. The quantitative estimate of drug-likeness (QED) is 0.223. The molecule has 4 nitrogen and oxygen atoms in total. The van der Waals surface area contributed by atoms with Crippen LogP contribution >= 0.6 is 32.9 Å². The van der Waals surface area contributed by atoms with Gasteiger partial charge < -0.3 is 10.6 Å². The van der Waals surface area contributed by atoms with Crippen molar-refractivity contribution in [3.05, 3.63) is 46.7 Å². The zero-order chi connectivity index (χ0) is 18.2. The maximum absolute atomic E-state index is 12.1. The van der Waals surface area contributed by atoms with Gasteiger partial charge in [0.05, 0.1) is 4.88 Å². The molecule has 1 aliphatic rings. The minimum absolute atomic E-state index is 0.0745. The number of hydrogen-bond acceptors (Lipinski definition) is 5. The molecule has 7 heteroatoms. The summed E-state index contributed by atoms with van der Waals surface area (Å²) in [6.07, 6.45) is 5.19. The summed E-state index contributed by atoms with van der Waals surface area (Å²) in [4.78, 5) is 13.0. The van der Waals surface area contributed by atoms with Crippen LogP contribution in [-0.2, 0) is 4.79 Å². The highest BCUT2D eigenvalue weighted by Crippen LogP contribution is 2.39. The lowest BCUT2D eigenvalue weighted by Gasteiger charge is -2.09. The van der Waals surface area contributed by atoms with Gasteiger partial charge in [-0.25, -0.2) is 0 Å². The number of unbranched alkanes of at least 4 members (excludes halogenated alkanes) is 1. The summed E-state index contributed by atoms with van der Waals surface area (Å²) in [6, 6.07) is 11.3. The summed E-state index contributed by atoms with van der Waals surface area (Å²) in [5, 5.41) is 16.8. The van der Waals surface area contributed by atoms with Crippen LogP contribution in [0.3, 0.4) is 0 Å². The molecule has 0 bridgehead atoms. The molecule has 1 aromatic carbocycles. The molecule has 1 aliphatic heterocycles. The van der Waals surface area contributed by atoms with E-state index in [0.29, 0.717) is 12.3 Å². The van der Waals surface area contributed by atoms with Gasteiger partial charge in [0, 0.05) is 28.8 Å². The SMILES string of the molecule is N=C(Nc1ccc(NC(=O)CCCCC2CCSS2)cc1)c1cccs1. The second-order valence-electron chi connectivity index (χ2n) is 6.18. The average Bonchev–Trinajstić information content (AvgIpc) is 3.34. The molecule has 26 heavy (non-hydrogen) atoms. The van der Waals surface area contributed by atoms with Crippen LogP contribution < -0.4 is 10.6 Å². The smallest absolute Gasteiger partial charge is 0.224 e. The van der Waals surface area contributed by atoms with Gasteiger partial charge in [-0.1, -0.05) is 34.1 Å². The second-order valence-corrected chi connectivity index (χ2v) is 9.91. The molecule has 1 amide bonds. The highest BCUT2D eigenvalue weighted by atomic mass is 33.1. The van der Waals surface area contributed by atoms with Gasteiger partial charge in [0.1, 0.15) is 5.84 Å². The van der Waals surface area contributed by atoms with Crippen LogP contribution in [0.2, 0.25) is 0 Å². The molecular weight excluding hydrogens is 382 g/mol. The van der Waals surface area contributed by atoms with Crippen LogP contribution in [0.4, 0.5) is 11.4 Å². The van der Waals surface area contributed by atoms with Gasteiger partial charge in [0.25, 0.3) is 0 Å². The fraction of sp³-hybridized carbons (Fsp3) is 0.368. The molecule has 1 fully saturated rings. The first-order valence-electron chi connectivity index (χ1n) is 8.78. The van der Waals surface area contributed by atoms with Crippen LogP contribution in [0, 0.1) is 5.41 Å². The second kappa shape index (κ2) is 10.0. The molecular formula is C19H23N3OS3. The molecule has 138 valence electrons. The number of rotatable bonds is 8. The lowest BCUT2D eigenvalue weighted by Crippen LogP contribution is -2.12. The zero-order valence-corrected chi connectivity index (χ0v) is 16.9. The van der Waals surface area contributed by atoms with E-state index < -0.39 is 0 Å². The number of carbonyl (C=O) groups is 1. The van der Waals surface area contributed by atoms with Crippen molar-refractivity contribution in [1.29, 1.82) is 5.41 Å². The molecule has 0 radical (unpaired) electrons. The van der Waals surface area contributed by atoms with E-state index in [-0.39, 0.29) is 5.91 Å². The van der Waals surface area contributed by atoms with E-state index in [1.165, 1.54) is 29.9 Å². The number of benzene rings is 1. The van der Waals surface area contributed by atoms with Crippen LogP contribution in [0.1, 0.15) is 37.0 Å². The Bertz CT molecular complexity index is 710. The zero-order valence-electron chi connectivity index (χ0n) is 14.5. The third-order valence-electron chi connectivity index (χ3n) is 4.11. The van der Waals surface area contributed by atoms with Crippen molar-refractivity contribution < 1.29 is 4.79 Å². The molecule has 3 rings (SSSR count). The summed E-state index contributed by atoms with van der Waals surface area (Å²) in [5.74, 6) is 1.73. The lowest BCUT2D eigenvalue weighted by molar-refractivity contribution is -0.116. The largest absolute Gasteiger partial charge is 0.340 e. The van der Waals surface area contributed by atoms with E-state index >= 15 is 0 Å². The van der Waals surface area contributed by atoms with Crippen LogP contribution in [0.5, 0.6) is 0 Å². The Hall–Kier alpha value is -1.44. The topological polar surface area (TPSA) is 65.0 Å². The van der Waals surface area contributed by atoms with Crippen molar-refractivity contribution in [3.63, 3.8) is 0 Å². The van der Waals surface area contributed by atoms with Crippen molar-refractivity contribution in [2.75, 3.05) is 16.4 Å². The number of hydrogen-bond donors (Lipinski definition) is 3. The van der Waals surface area contributed by atoms with E-state index in [4.69, 9.17) is 5.41 Å². The van der Waals surface area contributed by atoms with Gasteiger partial charge in [-0.2, -0.15) is 0 Å². The minimum Gasteiger partial charge on any atom is -0.340 e. The van der Waals surface area contributed by atoms with E-state index in [2.05, 4.69) is 10.6 Å². The Balaban J connectivity index is 1.37. The molecule has 0 aliphatic carbocycles. The predicted molar refractivity (Wildman–Crippen MR) is 117 cm³/mol. The van der Waals surface area contributed by atoms with Crippen molar-refractivity contribution in [3.8, 4) is 0 Å². The molecule has 0 spiro atoms. The Morgan fingerprint density at radius 2 is 1.88 bits per heavy atom. The Morgan fingerprint density at radius 3 is 2.54 bits per heavy atom. The third kappa shape index (κ3) is 6.07. The number of nitrogens with one attached hydrogen (secondary N) is 3. The van der Waals surface area contributed by atoms with Crippen molar-refractivity contribution >= 4 is 56.0 Å². The van der Waals surface area contributed by atoms with Crippen LogP contribution in [0.15, 0.2) is 41.8 Å². The van der Waals surface area contributed by atoms with E-state index in [1.807, 2.05) is 63.4 Å². The third-order valence-corrected chi connectivity index (χ3v) is 8.01. The maximum atomic E-state index is 12.1. The van der Waals surface area contributed by atoms with Crippen molar-refractivity contribution in [1.82, 2.24) is 0 Å². The Kier molecular flexibility index (Phi) is 7.46. The van der Waals surface area contributed by atoms with Gasteiger partial charge in [0.2, 0.25) is 5.91 Å². The maximum Gasteiger partial charge on any atom is 0.224 e. The standard InChI is InChI=1S/C19H23N3OS3/c20-19(17-5-3-12-24-17)22-15-9-7-14(8-10-15)21-18(23)6-2-1-4-16-11-13-25-26-16/h3,5,7-10,12,16H,1-2,4,6,11,13H2,(H2,20,22)(H,21,23). The Morgan fingerprint density at radius 1 is 1.12 bits per heavy atom. The number of anilines is 2. The van der Waals surface area contributed by atoms with Gasteiger partial charge in [-0.3, -0.25) is 10.2 Å². The molecule has 3 N–H and O–H groups in total. The van der Waals surface area contributed by atoms with Crippen LogP contribution in [-0.4, -0.2) is 22.7 Å². The van der Waals surface area contributed by atoms with Gasteiger partial charge in [-0.05, 0) is 55.0 Å². The fourth-order valence-electron chi connectivity index (χ4n) is 2.71. The highest BCUT2D eigenvalue weighted by Gasteiger charge is 2.15. The van der Waals surface area contributed by atoms with E-state index in [1.54, 1.807) is 0 Å². The first kappa shape index (κ1) is 19.3. The number of amidine groups is 1. The molecule has 0 saturated carbocycles. The predicted octanol–water partition coefficient (Wildman–Crippen LogP) is 5.84. The van der Waals surface area contributed by atoms with Gasteiger partial charge in [-0.15, -0.1) is 11.3 Å². The summed E-state index contributed by atoms with van der Waals surface area (Å²) in [5.41, 5.74) is 1.64. The monoisotopic (exact) mass is 405 g/mol. The summed E-state index contributed by atoms with van der Waals surface area (Å²) < 4.78 is 0. The lowest BCUT2D eigenvalue weighted by atomic mass is 10.1. The minimum atomic E-state index is 0.0745. The van der Waals surface area contributed by atoms with Gasteiger partial charge >= 0.3 is 0 Å². The first-order chi connectivity index (χ1) is 12.7. The summed E-state index contributed by atoms with van der Waals surface area (Å²) in [6.45, 7) is 0. The van der Waals surface area contributed by atoms with Crippen molar-refractivity contribution in [2.24, 2.45) is 0 Å². The fourth-order valence-corrected chi connectivity index (χ4v) is 6.37. The molecule has 1 aromatic heterocycles. The molecule has 1 unspecified atom stereocenters. The molecule has 1 saturated heterocycles. The van der Waals surface area contributed by atoms with Crippen molar-refractivity contribution in [2.45, 2.75) is 37.4 Å². The number of thiophene rings is 1. The summed E-state index contributed by atoms with van der Waals surface area (Å²) in [7, 11) is 3.98. The highest BCUT2D eigenvalue weighted by molar-refractivity contribution is 8.77. The molecule has 1 atom stereocenters.